The molecule has 6 atom stereocenters. The number of imidazole rings is 1. The minimum absolute atomic E-state index is 0.0906. The average Bonchev–Trinajstić information content (AvgIpc) is 3.20. The van der Waals surface area contributed by atoms with Crippen LogP contribution in [0.4, 0.5) is 0 Å². The van der Waals surface area contributed by atoms with Crippen molar-refractivity contribution in [3.63, 3.8) is 0 Å². The van der Waals surface area contributed by atoms with Gasteiger partial charge < -0.3 is 47.1 Å². The fraction of sp³-hybridized carbons (Fsp3) is 0.588. The number of rotatable bonds is 12. The van der Waals surface area contributed by atoms with Crippen molar-refractivity contribution in [2.45, 2.75) is 56.6 Å². The molecule has 0 aliphatic rings. The Hall–Kier alpha value is -3.07. The first-order chi connectivity index (χ1) is 14.5. The number of nitrogens with two attached hydrogens (primary N) is 1. The van der Waals surface area contributed by atoms with Gasteiger partial charge in [-0.3, -0.25) is 14.4 Å². The Morgan fingerprint density at radius 2 is 1.65 bits per heavy atom. The lowest BCUT2D eigenvalue weighted by Crippen LogP contribution is -2.61. The van der Waals surface area contributed by atoms with Gasteiger partial charge in [-0.05, 0) is 13.8 Å². The van der Waals surface area contributed by atoms with Crippen molar-refractivity contribution in [1.29, 1.82) is 0 Å². The van der Waals surface area contributed by atoms with Crippen LogP contribution in [0.15, 0.2) is 12.5 Å². The van der Waals surface area contributed by atoms with Crippen LogP contribution in [0.1, 0.15) is 19.5 Å². The topological polar surface area (TPSA) is 240 Å². The van der Waals surface area contributed by atoms with Crippen LogP contribution >= 0.6 is 0 Å². The molecule has 0 aromatic carbocycles. The second-order valence-corrected chi connectivity index (χ2v) is 6.92. The maximum atomic E-state index is 12.8. The number of aliphatic hydroxyl groups excluding tert-OH is 3. The smallest absolute Gasteiger partial charge is 0.328 e. The summed E-state index contributed by atoms with van der Waals surface area (Å²) in [6.45, 7) is 1.57. The molecule has 174 valence electrons. The van der Waals surface area contributed by atoms with Gasteiger partial charge in [-0.2, -0.15) is 0 Å². The molecule has 14 heteroatoms. The Kier molecular flexibility index (Phi) is 10.0. The Balaban J connectivity index is 3.00. The third-order valence-corrected chi connectivity index (χ3v) is 4.29. The zero-order valence-corrected chi connectivity index (χ0v) is 17.0. The number of nitrogens with one attached hydrogen (secondary N) is 4. The molecular formula is C17H28N6O8. The number of carbonyl (C=O) groups is 4. The van der Waals surface area contributed by atoms with E-state index in [0.717, 1.165) is 0 Å². The van der Waals surface area contributed by atoms with Gasteiger partial charge >= 0.3 is 5.97 Å². The second kappa shape index (κ2) is 11.9. The van der Waals surface area contributed by atoms with Crippen molar-refractivity contribution in [2.24, 2.45) is 5.73 Å². The molecule has 0 aliphatic heterocycles. The lowest BCUT2D eigenvalue weighted by atomic mass is 10.1. The van der Waals surface area contributed by atoms with Crippen molar-refractivity contribution < 1.29 is 39.6 Å². The van der Waals surface area contributed by atoms with Crippen molar-refractivity contribution in [1.82, 2.24) is 25.9 Å². The first-order valence-electron chi connectivity index (χ1n) is 9.31. The molecule has 0 aliphatic carbocycles. The van der Waals surface area contributed by atoms with Gasteiger partial charge in [0.25, 0.3) is 0 Å². The molecule has 6 unspecified atom stereocenters. The highest BCUT2D eigenvalue weighted by Gasteiger charge is 2.33. The van der Waals surface area contributed by atoms with E-state index in [4.69, 9.17) is 15.9 Å². The minimum Gasteiger partial charge on any atom is -0.480 e. The highest BCUT2D eigenvalue weighted by Crippen LogP contribution is 2.03. The summed E-state index contributed by atoms with van der Waals surface area (Å²) < 4.78 is 0. The maximum absolute atomic E-state index is 12.8. The van der Waals surface area contributed by atoms with Crippen LogP contribution in [0.5, 0.6) is 0 Å². The molecule has 10 N–H and O–H groups in total. The van der Waals surface area contributed by atoms with Crippen LogP contribution < -0.4 is 21.7 Å². The van der Waals surface area contributed by atoms with E-state index in [2.05, 4.69) is 20.6 Å². The number of hydrogen-bond acceptors (Lipinski definition) is 9. The second-order valence-electron chi connectivity index (χ2n) is 6.92. The van der Waals surface area contributed by atoms with E-state index < -0.39 is 66.7 Å². The fourth-order valence-electron chi connectivity index (χ4n) is 2.42. The number of hydrogen-bond donors (Lipinski definition) is 9. The molecule has 0 saturated carbocycles. The van der Waals surface area contributed by atoms with Crippen molar-refractivity contribution >= 4 is 23.7 Å². The van der Waals surface area contributed by atoms with E-state index in [1.165, 1.54) is 26.4 Å². The fourth-order valence-corrected chi connectivity index (χ4v) is 2.42. The van der Waals surface area contributed by atoms with Crippen molar-refractivity contribution in [2.75, 3.05) is 6.61 Å². The number of nitrogens with zero attached hydrogens (tertiary/aromatic N) is 1. The summed E-state index contributed by atoms with van der Waals surface area (Å²) in [5.41, 5.74) is 6.03. The highest BCUT2D eigenvalue weighted by molar-refractivity contribution is 5.94. The summed E-state index contributed by atoms with van der Waals surface area (Å²) in [4.78, 5) is 54.9. The molecule has 14 nitrogen and oxygen atoms in total. The Morgan fingerprint density at radius 1 is 1.03 bits per heavy atom. The summed E-state index contributed by atoms with van der Waals surface area (Å²) in [6, 6.07) is -5.84. The monoisotopic (exact) mass is 444 g/mol. The first-order valence-corrected chi connectivity index (χ1v) is 9.31. The van der Waals surface area contributed by atoms with Crippen LogP contribution in [0.25, 0.3) is 0 Å². The molecule has 0 bridgehead atoms. The summed E-state index contributed by atoms with van der Waals surface area (Å²) >= 11 is 0. The predicted octanol–water partition coefficient (Wildman–Crippen LogP) is -4.43. The normalized spacial score (nSPS) is 16.8. The van der Waals surface area contributed by atoms with Crippen LogP contribution in [-0.4, -0.2) is 97.1 Å². The van der Waals surface area contributed by atoms with Gasteiger partial charge in [0, 0.05) is 18.3 Å². The van der Waals surface area contributed by atoms with Crippen LogP contribution in [0.2, 0.25) is 0 Å². The average molecular weight is 444 g/mol. The molecule has 3 amide bonds. The molecule has 1 aromatic heterocycles. The molecular weight excluding hydrogens is 416 g/mol. The first kappa shape index (κ1) is 26.0. The number of carboxylic acid groups (broad SMARTS) is 1. The number of carbonyl (C=O) groups excluding carboxylic acids is 3. The lowest BCUT2D eigenvalue weighted by Gasteiger charge is -2.26. The van der Waals surface area contributed by atoms with Gasteiger partial charge in [0.1, 0.15) is 24.2 Å². The lowest BCUT2D eigenvalue weighted by molar-refractivity contribution is -0.144. The molecule has 31 heavy (non-hydrogen) atoms. The van der Waals surface area contributed by atoms with Crippen LogP contribution in [0, 0.1) is 0 Å². The number of aliphatic hydroxyl groups is 3. The summed E-state index contributed by atoms with van der Waals surface area (Å²) in [6.07, 6.45) is 0.0184. The van der Waals surface area contributed by atoms with Crippen molar-refractivity contribution in [3.05, 3.63) is 18.2 Å². The third kappa shape index (κ3) is 7.93. The van der Waals surface area contributed by atoms with Crippen LogP contribution in [0.3, 0.4) is 0 Å². The number of aromatic nitrogens is 2. The number of aromatic amines is 1. The summed E-state index contributed by atoms with van der Waals surface area (Å²) in [5, 5.41) is 44.0. The van der Waals surface area contributed by atoms with Gasteiger partial charge in [0.2, 0.25) is 17.7 Å². The molecule has 1 heterocycles. The largest absolute Gasteiger partial charge is 0.480 e. The van der Waals surface area contributed by atoms with E-state index >= 15 is 0 Å². The van der Waals surface area contributed by atoms with Gasteiger partial charge in [-0.1, -0.05) is 0 Å². The molecule has 0 saturated heterocycles. The van der Waals surface area contributed by atoms with E-state index in [1.54, 1.807) is 0 Å². The third-order valence-electron chi connectivity index (χ3n) is 4.29. The Bertz CT molecular complexity index is 754. The Morgan fingerprint density at radius 3 is 2.10 bits per heavy atom. The molecule has 0 spiro atoms. The van der Waals surface area contributed by atoms with E-state index in [0.29, 0.717) is 5.69 Å². The number of aliphatic carboxylic acids is 1. The SMILES string of the molecule is CC(O)C(N)C(=O)NC(Cc1cnc[nH]1)C(=O)NC(C(=O)NC(CO)C(=O)O)C(C)O. The van der Waals surface area contributed by atoms with E-state index in [1.807, 2.05) is 5.32 Å². The maximum Gasteiger partial charge on any atom is 0.328 e. The summed E-state index contributed by atoms with van der Waals surface area (Å²) in [5.74, 6) is -4.29. The van der Waals surface area contributed by atoms with E-state index in [-0.39, 0.29) is 6.42 Å². The highest BCUT2D eigenvalue weighted by atomic mass is 16.4. The number of carboxylic acids is 1. The van der Waals surface area contributed by atoms with Gasteiger partial charge in [-0.15, -0.1) is 0 Å². The van der Waals surface area contributed by atoms with Gasteiger partial charge in [0.05, 0.1) is 25.1 Å². The minimum atomic E-state index is -1.64. The quantitative estimate of drug-likeness (QED) is 0.150. The zero-order valence-electron chi connectivity index (χ0n) is 17.0. The van der Waals surface area contributed by atoms with E-state index in [9.17, 15) is 29.4 Å². The zero-order chi connectivity index (χ0) is 23.7. The standard InChI is InChI=1S/C17H28N6O8/c1-7(25)12(18)15(28)21-10(3-9-4-19-6-20-9)14(27)23-13(8(2)26)16(29)22-11(5-24)17(30)31/h4,6-8,10-13,24-26H,3,5,18H2,1-2H3,(H,19,20)(H,21,28)(H,22,29)(H,23,27)(H,30,31). The van der Waals surface area contributed by atoms with Crippen molar-refractivity contribution in [3.8, 4) is 0 Å². The number of amides is 3. The number of H-pyrrole nitrogens is 1. The van der Waals surface area contributed by atoms with Gasteiger partial charge in [0.15, 0.2) is 0 Å². The van der Waals surface area contributed by atoms with Gasteiger partial charge in [-0.25, -0.2) is 9.78 Å². The molecule has 1 rings (SSSR count). The molecule has 1 aromatic rings. The molecule has 0 radical (unpaired) electrons. The molecule has 0 fully saturated rings. The Labute approximate surface area is 177 Å². The predicted molar refractivity (Wildman–Crippen MR) is 104 cm³/mol. The van der Waals surface area contributed by atoms with Crippen LogP contribution in [-0.2, 0) is 25.6 Å². The summed E-state index contributed by atoms with van der Waals surface area (Å²) in [7, 11) is 0.